The Morgan fingerprint density at radius 1 is 0.667 bits per heavy atom. The van der Waals surface area contributed by atoms with Crippen LogP contribution in [-0.4, -0.2) is 13.1 Å². The highest BCUT2D eigenvalue weighted by molar-refractivity contribution is 9.10. The Kier molecular flexibility index (Phi) is 7.89. The summed E-state index contributed by atoms with van der Waals surface area (Å²) in [6.45, 7) is 3.35. The second-order valence-corrected chi connectivity index (χ2v) is 8.13. The normalized spacial score (nSPS) is 10.0. The summed E-state index contributed by atoms with van der Waals surface area (Å²) in [5, 5.41) is 0. The summed E-state index contributed by atoms with van der Waals surface area (Å²) >= 11 is 3.55. The Morgan fingerprint density at radius 2 is 1.20 bits per heavy atom. The fourth-order valence-electron chi connectivity index (χ4n) is 3.24. The van der Waals surface area contributed by atoms with Gasteiger partial charge in [-0.2, -0.15) is 0 Å². The molecule has 0 radical (unpaired) electrons. The van der Waals surface area contributed by atoms with Crippen LogP contribution in [0.15, 0.2) is 65.1 Å². The standard InChI is InChI=1S/C27H25BrN2/c1-20-13-23(16-25(14-20)9-11-29)7-5-21-3-2-4-22(15-21)6-8-24-17-26(10-12-30)19-27(28)18-24/h2-4,13-19H,9-12,29-30H2,1H3. The minimum absolute atomic E-state index is 0.624. The first-order valence-corrected chi connectivity index (χ1v) is 10.8. The molecule has 0 amide bonds. The van der Waals surface area contributed by atoms with Crippen LogP contribution in [0.3, 0.4) is 0 Å². The Hall–Kier alpha value is -2.82. The molecule has 3 rings (SSSR count). The zero-order valence-electron chi connectivity index (χ0n) is 17.1. The van der Waals surface area contributed by atoms with Crippen molar-refractivity contribution in [3.8, 4) is 23.7 Å². The molecule has 0 aliphatic carbocycles. The van der Waals surface area contributed by atoms with Crippen molar-refractivity contribution < 1.29 is 0 Å². The predicted octanol–water partition coefficient (Wildman–Crippen LogP) is 4.56. The van der Waals surface area contributed by atoms with Crippen molar-refractivity contribution in [2.75, 3.05) is 13.1 Å². The Bertz CT molecular complexity index is 1070. The molecule has 30 heavy (non-hydrogen) atoms. The highest BCUT2D eigenvalue weighted by Gasteiger charge is 1.98. The maximum Gasteiger partial charge on any atom is 0.0263 e. The van der Waals surface area contributed by atoms with Crippen molar-refractivity contribution in [3.63, 3.8) is 0 Å². The van der Waals surface area contributed by atoms with E-state index in [-0.39, 0.29) is 0 Å². The van der Waals surface area contributed by atoms with E-state index in [1.807, 2.05) is 30.3 Å². The van der Waals surface area contributed by atoms with Crippen LogP contribution in [0.5, 0.6) is 0 Å². The van der Waals surface area contributed by atoms with E-state index in [1.54, 1.807) is 0 Å². The van der Waals surface area contributed by atoms with Gasteiger partial charge in [-0.15, -0.1) is 0 Å². The molecule has 3 heteroatoms. The summed E-state index contributed by atoms with van der Waals surface area (Å²) in [6, 6.07) is 20.6. The van der Waals surface area contributed by atoms with Crippen molar-refractivity contribution in [2.24, 2.45) is 11.5 Å². The number of hydrogen-bond donors (Lipinski definition) is 2. The zero-order valence-corrected chi connectivity index (χ0v) is 18.7. The number of hydrogen-bond acceptors (Lipinski definition) is 2. The molecule has 4 N–H and O–H groups in total. The molecule has 0 heterocycles. The van der Waals surface area contributed by atoms with Crippen LogP contribution in [0.2, 0.25) is 0 Å². The average Bonchev–Trinajstić information content (AvgIpc) is 2.71. The molecule has 0 aliphatic heterocycles. The fourth-order valence-corrected chi connectivity index (χ4v) is 3.78. The van der Waals surface area contributed by atoms with E-state index in [2.05, 4.69) is 76.9 Å². The number of halogens is 1. The lowest BCUT2D eigenvalue weighted by Crippen LogP contribution is -2.03. The lowest BCUT2D eigenvalue weighted by atomic mass is 10.0. The van der Waals surface area contributed by atoms with Gasteiger partial charge in [-0.1, -0.05) is 51.7 Å². The first-order valence-electron chi connectivity index (χ1n) is 10.00. The molecular weight excluding hydrogens is 432 g/mol. The molecule has 0 saturated heterocycles. The van der Waals surface area contributed by atoms with Gasteiger partial charge in [-0.3, -0.25) is 0 Å². The third-order valence-corrected chi connectivity index (χ3v) is 4.98. The van der Waals surface area contributed by atoms with Crippen LogP contribution >= 0.6 is 15.9 Å². The monoisotopic (exact) mass is 456 g/mol. The fraction of sp³-hybridized carbons (Fsp3) is 0.185. The Labute approximate surface area is 187 Å². The lowest BCUT2D eigenvalue weighted by Gasteiger charge is -2.02. The maximum absolute atomic E-state index is 5.69. The summed E-state index contributed by atoms with van der Waals surface area (Å²) in [6.07, 6.45) is 1.70. The van der Waals surface area contributed by atoms with E-state index in [0.29, 0.717) is 13.1 Å². The second-order valence-electron chi connectivity index (χ2n) is 7.21. The van der Waals surface area contributed by atoms with Crippen LogP contribution < -0.4 is 11.5 Å². The smallest absolute Gasteiger partial charge is 0.0263 e. The van der Waals surface area contributed by atoms with Crippen LogP contribution in [0.25, 0.3) is 0 Å². The number of benzene rings is 3. The van der Waals surface area contributed by atoms with E-state index in [1.165, 1.54) is 16.7 Å². The molecule has 3 aromatic rings. The molecule has 0 saturated carbocycles. The van der Waals surface area contributed by atoms with Crippen LogP contribution in [0.1, 0.15) is 38.9 Å². The maximum atomic E-state index is 5.69. The van der Waals surface area contributed by atoms with Gasteiger partial charge in [0.25, 0.3) is 0 Å². The first kappa shape index (κ1) is 21.9. The zero-order chi connectivity index (χ0) is 21.3. The summed E-state index contributed by atoms with van der Waals surface area (Å²) in [5.74, 6) is 13.0. The van der Waals surface area contributed by atoms with E-state index in [0.717, 1.165) is 39.6 Å². The first-order chi connectivity index (χ1) is 14.6. The van der Waals surface area contributed by atoms with Gasteiger partial charge in [0.15, 0.2) is 0 Å². The highest BCUT2D eigenvalue weighted by atomic mass is 79.9. The summed E-state index contributed by atoms with van der Waals surface area (Å²) in [4.78, 5) is 0. The van der Waals surface area contributed by atoms with E-state index in [4.69, 9.17) is 11.5 Å². The molecule has 0 unspecified atom stereocenters. The summed E-state index contributed by atoms with van der Waals surface area (Å²) < 4.78 is 1.02. The molecular formula is C27H25BrN2. The van der Waals surface area contributed by atoms with Gasteiger partial charge in [0.05, 0.1) is 0 Å². The molecule has 2 nitrogen and oxygen atoms in total. The lowest BCUT2D eigenvalue weighted by molar-refractivity contribution is 0.966. The molecule has 3 aromatic carbocycles. The average molecular weight is 457 g/mol. The largest absolute Gasteiger partial charge is 0.330 e. The topological polar surface area (TPSA) is 52.0 Å². The molecule has 0 fully saturated rings. The molecule has 0 aliphatic rings. The van der Waals surface area contributed by atoms with E-state index >= 15 is 0 Å². The van der Waals surface area contributed by atoms with Crippen molar-refractivity contribution >= 4 is 15.9 Å². The molecule has 0 aromatic heterocycles. The van der Waals surface area contributed by atoms with E-state index < -0.39 is 0 Å². The minimum Gasteiger partial charge on any atom is -0.330 e. The van der Waals surface area contributed by atoms with Crippen molar-refractivity contribution in [1.29, 1.82) is 0 Å². The third-order valence-electron chi connectivity index (χ3n) is 4.53. The van der Waals surface area contributed by atoms with Gasteiger partial charge in [0.2, 0.25) is 0 Å². The summed E-state index contributed by atoms with van der Waals surface area (Å²) in [7, 11) is 0. The number of nitrogens with two attached hydrogens (primary N) is 2. The Balaban J connectivity index is 1.82. The van der Waals surface area contributed by atoms with Crippen LogP contribution in [-0.2, 0) is 12.8 Å². The number of aryl methyl sites for hydroxylation is 1. The minimum atomic E-state index is 0.624. The third kappa shape index (κ3) is 6.61. The predicted molar refractivity (Wildman–Crippen MR) is 129 cm³/mol. The van der Waals surface area contributed by atoms with Gasteiger partial charge in [-0.25, -0.2) is 0 Å². The second kappa shape index (κ2) is 10.8. The molecule has 150 valence electrons. The SMILES string of the molecule is Cc1cc(C#Cc2cccc(C#Cc3cc(Br)cc(CCN)c3)c2)cc(CCN)c1. The van der Waals surface area contributed by atoms with Gasteiger partial charge < -0.3 is 11.5 Å². The van der Waals surface area contributed by atoms with Gasteiger partial charge >= 0.3 is 0 Å². The van der Waals surface area contributed by atoms with Crippen molar-refractivity contribution in [2.45, 2.75) is 19.8 Å². The van der Waals surface area contributed by atoms with Crippen LogP contribution in [0, 0.1) is 30.6 Å². The summed E-state index contributed by atoms with van der Waals surface area (Å²) in [5.41, 5.74) is 18.8. The van der Waals surface area contributed by atoms with Crippen LogP contribution in [0.4, 0.5) is 0 Å². The van der Waals surface area contributed by atoms with Crippen molar-refractivity contribution in [1.82, 2.24) is 0 Å². The quantitative estimate of drug-likeness (QED) is 0.565. The van der Waals surface area contributed by atoms with Gasteiger partial charge in [-0.05, 0) is 98.1 Å². The highest BCUT2D eigenvalue weighted by Crippen LogP contribution is 2.16. The molecule has 0 atom stereocenters. The van der Waals surface area contributed by atoms with Gasteiger partial charge in [0, 0.05) is 26.7 Å². The molecule has 0 spiro atoms. The van der Waals surface area contributed by atoms with E-state index in [9.17, 15) is 0 Å². The molecule has 0 bridgehead atoms. The Morgan fingerprint density at radius 3 is 1.80 bits per heavy atom. The van der Waals surface area contributed by atoms with Crippen molar-refractivity contribution in [3.05, 3.63) is 104 Å². The van der Waals surface area contributed by atoms with Gasteiger partial charge in [0.1, 0.15) is 0 Å². The number of rotatable bonds is 4.